The summed E-state index contributed by atoms with van der Waals surface area (Å²) in [5, 5.41) is 0. The third kappa shape index (κ3) is 2.84. The summed E-state index contributed by atoms with van der Waals surface area (Å²) in [4.78, 5) is 12.9. The molecule has 0 aliphatic carbocycles. The molecule has 0 atom stereocenters. The molecule has 0 bridgehead atoms. The molecule has 4 nitrogen and oxygen atoms in total. The standard InChI is InChI=1S/C10H14BrClN4/c11-9-7-13-8-14-10(9)16-5-3-15(2-1-12)4-6-16/h7-8H,1-6H2. The van der Waals surface area contributed by atoms with Crippen LogP contribution in [0, 0.1) is 0 Å². The Morgan fingerprint density at radius 3 is 2.69 bits per heavy atom. The molecule has 88 valence electrons. The third-order valence-electron chi connectivity index (χ3n) is 2.72. The van der Waals surface area contributed by atoms with Gasteiger partial charge in [0.2, 0.25) is 0 Å². The fourth-order valence-electron chi connectivity index (χ4n) is 1.84. The molecule has 0 aromatic carbocycles. The zero-order valence-corrected chi connectivity index (χ0v) is 11.3. The van der Waals surface area contributed by atoms with E-state index >= 15 is 0 Å². The van der Waals surface area contributed by atoms with Crippen LogP contribution in [0.2, 0.25) is 0 Å². The van der Waals surface area contributed by atoms with Crippen molar-refractivity contribution in [2.24, 2.45) is 0 Å². The van der Waals surface area contributed by atoms with Crippen LogP contribution in [0.3, 0.4) is 0 Å². The average molecular weight is 306 g/mol. The second kappa shape index (κ2) is 5.80. The Hall–Kier alpha value is -0.390. The number of rotatable bonds is 3. The van der Waals surface area contributed by atoms with Crippen LogP contribution in [0.25, 0.3) is 0 Å². The van der Waals surface area contributed by atoms with E-state index in [1.54, 1.807) is 12.5 Å². The van der Waals surface area contributed by atoms with Gasteiger partial charge in [0.25, 0.3) is 0 Å². The van der Waals surface area contributed by atoms with Crippen LogP contribution in [0.15, 0.2) is 17.0 Å². The summed E-state index contributed by atoms with van der Waals surface area (Å²) >= 11 is 9.21. The number of aromatic nitrogens is 2. The molecule has 1 aliphatic rings. The molecule has 1 aliphatic heterocycles. The first-order valence-electron chi connectivity index (χ1n) is 5.30. The monoisotopic (exact) mass is 304 g/mol. The predicted molar refractivity (Wildman–Crippen MR) is 69.1 cm³/mol. The van der Waals surface area contributed by atoms with E-state index in [2.05, 4.69) is 35.7 Å². The van der Waals surface area contributed by atoms with Crippen molar-refractivity contribution in [1.29, 1.82) is 0 Å². The molecular formula is C10H14BrClN4. The van der Waals surface area contributed by atoms with Crippen LogP contribution in [0.4, 0.5) is 5.82 Å². The Morgan fingerprint density at radius 1 is 1.31 bits per heavy atom. The lowest BCUT2D eigenvalue weighted by molar-refractivity contribution is 0.272. The summed E-state index contributed by atoms with van der Waals surface area (Å²) in [7, 11) is 0. The molecule has 0 amide bonds. The Bertz CT molecular complexity index is 341. The first kappa shape index (κ1) is 12.1. The Labute approximate surface area is 109 Å². The van der Waals surface area contributed by atoms with Crippen molar-refractivity contribution in [3.05, 3.63) is 17.0 Å². The van der Waals surface area contributed by atoms with Crippen LogP contribution in [-0.2, 0) is 0 Å². The predicted octanol–water partition coefficient (Wildman–Crippen LogP) is 1.60. The summed E-state index contributed by atoms with van der Waals surface area (Å²) in [6.07, 6.45) is 3.37. The SMILES string of the molecule is ClCCN1CCN(c2ncncc2Br)CC1. The zero-order chi connectivity index (χ0) is 11.4. The second-order valence-electron chi connectivity index (χ2n) is 3.71. The van der Waals surface area contributed by atoms with E-state index in [0.717, 1.165) is 43.0 Å². The van der Waals surface area contributed by atoms with Gasteiger partial charge in [0.1, 0.15) is 12.1 Å². The first-order chi connectivity index (χ1) is 7.81. The van der Waals surface area contributed by atoms with Gasteiger partial charge < -0.3 is 4.90 Å². The lowest BCUT2D eigenvalue weighted by Gasteiger charge is -2.35. The topological polar surface area (TPSA) is 32.3 Å². The molecule has 0 spiro atoms. The molecule has 0 unspecified atom stereocenters. The minimum Gasteiger partial charge on any atom is -0.353 e. The van der Waals surface area contributed by atoms with Crippen molar-refractivity contribution < 1.29 is 0 Å². The van der Waals surface area contributed by atoms with Gasteiger partial charge in [-0.05, 0) is 15.9 Å². The molecule has 0 saturated carbocycles. The lowest BCUT2D eigenvalue weighted by atomic mass is 10.3. The Morgan fingerprint density at radius 2 is 2.06 bits per heavy atom. The molecule has 2 rings (SSSR count). The molecule has 1 fully saturated rings. The number of hydrogen-bond donors (Lipinski definition) is 0. The number of halogens is 2. The molecule has 1 saturated heterocycles. The van der Waals surface area contributed by atoms with E-state index in [1.165, 1.54) is 0 Å². The summed E-state index contributed by atoms with van der Waals surface area (Å²) in [5.74, 6) is 1.69. The van der Waals surface area contributed by atoms with E-state index in [-0.39, 0.29) is 0 Å². The third-order valence-corrected chi connectivity index (χ3v) is 3.45. The van der Waals surface area contributed by atoms with Crippen LogP contribution >= 0.6 is 27.5 Å². The number of nitrogens with zero attached hydrogens (tertiary/aromatic N) is 4. The highest BCUT2D eigenvalue weighted by molar-refractivity contribution is 9.10. The fraction of sp³-hybridized carbons (Fsp3) is 0.600. The fourth-order valence-corrected chi connectivity index (χ4v) is 2.55. The summed E-state index contributed by atoms with van der Waals surface area (Å²) in [5.41, 5.74) is 0. The van der Waals surface area contributed by atoms with Crippen LogP contribution < -0.4 is 4.90 Å². The smallest absolute Gasteiger partial charge is 0.146 e. The quantitative estimate of drug-likeness (QED) is 0.794. The van der Waals surface area contributed by atoms with Crippen LogP contribution in [-0.4, -0.2) is 53.5 Å². The molecule has 0 N–H and O–H groups in total. The maximum Gasteiger partial charge on any atom is 0.146 e. The van der Waals surface area contributed by atoms with Gasteiger partial charge in [-0.3, -0.25) is 4.90 Å². The normalized spacial score (nSPS) is 17.8. The minimum absolute atomic E-state index is 0.706. The molecule has 0 radical (unpaired) electrons. The van der Waals surface area contributed by atoms with E-state index in [1.807, 2.05) is 0 Å². The van der Waals surface area contributed by atoms with Crippen molar-refractivity contribution >= 4 is 33.3 Å². The number of hydrogen-bond acceptors (Lipinski definition) is 4. The molecule has 1 aromatic heterocycles. The highest BCUT2D eigenvalue weighted by Crippen LogP contribution is 2.22. The van der Waals surface area contributed by atoms with Gasteiger partial charge in [0, 0.05) is 44.8 Å². The van der Waals surface area contributed by atoms with Crippen molar-refractivity contribution in [2.45, 2.75) is 0 Å². The number of piperazine rings is 1. The van der Waals surface area contributed by atoms with Crippen molar-refractivity contribution in [1.82, 2.24) is 14.9 Å². The van der Waals surface area contributed by atoms with Crippen molar-refractivity contribution in [2.75, 3.05) is 43.5 Å². The highest BCUT2D eigenvalue weighted by Gasteiger charge is 2.18. The summed E-state index contributed by atoms with van der Waals surface area (Å²) in [6.45, 7) is 5.05. The average Bonchev–Trinajstić information content (AvgIpc) is 2.31. The molecule has 6 heteroatoms. The van der Waals surface area contributed by atoms with Crippen molar-refractivity contribution in [3.8, 4) is 0 Å². The molecule has 16 heavy (non-hydrogen) atoms. The van der Waals surface area contributed by atoms with Crippen LogP contribution in [0.1, 0.15) is 0 Å². The summed E-state index contributed by atoms with van der Waals surface area (Å²) in [6, 6.07) is 0. The maximum atomic E-state index is 5.73. The lowest BCUT2D eigenvalue weighted by Crippen LogP contribution is -2.47. The Kier molecular flexibility index (Phi) is 4.37. The van der Waals surface area contributed by atoms with Gasteiger partial charge in [-0.25, -0.2) is 9.97 Å². The van der Waals surface area contributed by atoms with E-state index in [4.69, 9.17) is 11.6 Å². The molecule has 2 heterocycles. The van der Waals surface area contributed by atoms with E-state index < -0.39 is 0 Å². The minimum atomic E-state index is 0.706. The van der Waals surface area contributed by atoms with Gasteiger partial charge in [0.15, 0.2) is 0 Å². The Balaban J connectivity index is 1.96. The van der Waals surface area contributed by atoms with Gasteiger partial charge in [-0.15, -0.1) is 11.6 Å². The van der Waals surface area contributed by atoms with E-state index in [0.29, 0.717) is 5.88 Å². The summed E-state index contributed by atoms with van der Waals surface area (Å²) < 4.78 is 0.959. The van der Waals surface area contributed by atoms with Gasteiger partial charge in [-0.1, -0.05) is 0 Å². The molecular weight excluding hydrogens is 291 g/mol. The largest absolute Gasteiger partial charge is 0.353 e. The number of alkyl halides is 1. The maximum absolute atomic E-state index is 5.73. The van der Waals surface area contributed by atoms with Gasteiger partial charge in [0.05, 0.1) is 4.47 Å². The van der Waals surface area contributed by atoms with Gasteiger partial charge in [-0.2, -0.15) is 0 Å². The number of anilines is 1. The molecule has 1 aromatic rings. The highest BCUT2D eigenvalue weighted by atomic mass is 79.9. The second-order valence-corrected chi connectivity index (χ2v) is 4.94. The van der Waals surface area contributed by atoms with E-state index in [9.17, 15) is 0 Å². The van der Waals surface area contributed by atoms with Crippen LogP contribution in [0.5, 0.6) is 0 Å². The first-order valence-corrected chi connectivity index (χ1v) is 6.63. The zero-order valence-electron chi connectivity index (χ0n) is 8.94. The van der Waals surface area contributed by atoms with Crippen molar-refractivity contribution in [3.63, 3.8) is 0 Å². The van der Waals surface area contributed by atoms with Gasteiger partial charge >= 0.3 is 0 Å².